The Morgan fingerprint density at radius 2 is 1.86 bits per heavy atom. The van der Waals surface area contributed by atoms with Crippen molar-refractivity contribution in [3.8, 4) is 5.75 Å². The number of hydrogen-bond donors (Lipinski definition) is 1. The predicted molar refractivity (Wildman–Crippen MR) is 75.5 cm³/mol. The van der Waals surface area contributed by atoms with Gasteiger partial charge >= 0.3 is 6.18 Å². The van der Waals surface area contributed by atoms with Crippen LogP contribution in [-0.2, 0) is 10.9 Å². The van der Waals surface area contributed by atoms with Crippen LogP contribution in [0.1, 0.15) is 26.3 Å². The first-order valence-electron chi connectivity index (χ1n) is 6.70. The van der Waals surface area contributed by atoms with Gasteiger partial charge in [-0.1, -0.05) is 6.07 Å². The second kappa shape index (κ2) is 7.13. The lowest BCUT2D eigenvalue weighted by Crippen LogP contribution is -2.44. The van der Waals surface area contributed by atoms with Gasteiger partial charge in [0.2, 0.25) is 0 Å². The second-order valence-electron chi connectivity index (χ2n) is 5.85. The molecule has 1 N–H and O–H groups in total. The summed E-state index contributed by atoms with van der Waals surface area (Å²) in [7, 11) is 1.53. The Kier molecular flexibility index (Phi) is 6.04. The molecule has 1 atom stereocenters. The van der Waals surface area contributed by atoms with Crippen LogP contribution in [-0.4, -0.2) is 31.9 Å². The minimum absolute atomic E-state index is 0.108. The predicted octanol–water partition coefficient (Wildman–Crippen LogP) is 3.49. The van der Waals surface area contributed by atoms with Gasteiger partial charge in [-0.2, -0.15) is 13.2 Å². The quantitative estimate of drug-likeness (QED) is 0.873. The Labute approximate surface area is 123 Å². The van der Waals surface area contributed by atoms with E-state index in [1.165, 1.54) is 19.2 Å². The van der Waals surface area contributed by atoms with E-state index < -0.39 is 11.7 Å². The topological polar surface area (TPSA) is 30.5 Å². The molecular weight excluding hydrogens is 283 g/mol. The number of hydrogen-bond acceptors (Lipinski definition) is 3. The number of benzene rings is 1. The SMILES string of the molecule is COCC(CNC(C)(C)C)Oc1cccc(C(F)(F)F)c1. The summed E-state index contributed by atoms with van der Waals surface area (Å²) in [4.78, 5) is 0. The molecule has 0 radical (unpaired) electrons. The number of alkyl halides is 3. The Morgan fingerprint density at radius 3 is 2.38 bits per heavy atom. The molecule has 1 rings (SSSR count). The van der Waals surface area contributed by atoms with E-state index in [-0.39, 0.29) is 17.4 Å². The summed E-state index contributed by atoms with van der Waals surface area (Å²) >= 11 is 0. The van der Waals surface area contributed by atoms with Gasteiger partial charge < -0.3 is 14.8 Å². The molecule has 21 heavy (non-hydrogen) atoms. The summed E-state index contributed by atoms with van der Waals surface area (Å²) in [5, 5.41) is 3.24. The average molecular weight is 305 g/mol. The Balaban J connectivity index is 2.75. The normalized spacial score (nSPS) is 14.0. The molecule has 0 fully saturated rings. The van der Waals surface area contributed by atoms with Crippen LogP contribution >= 0.6 is 0 Å². The van der Waals surface area contributed by atoms with E-state index in [9.17, 15) is 13.2 Å². The van der Waals surface area contributed by atoms with Crippen molar-refractivity contribution in [2.75, 3.05) is 20.3 Å². The summed E-state index contributed by atoms with van der Waals surface area (Å²) in [5.74, 6) is 0.183. The van der Waals surface area contributed by atoms with E-state index in [4.69, 9.17) is 9.47 Å². The zero-order valence-electron chi connectivity index (χ0n) is 12.8. The molecule has 0 aliphatic rings. The highest BCUT2D eigenvalue weighted by Crippen LogP contribution is 2.31. The van der Waals surface area contributed by atoms with Crippen LogP contribution < -0.4 is 10.1 Å². The molecule has 0 aliphatic heterocycles. The van der Waals surface area contributed by atoms with Gasteiger partial charge in [0.25, 0.3) is 0 Å². The van der Waals surface area contributed by atoms with E-state index in [1.54, 1.807) is 0 Å². The maximum atomic E-state index is 12.7. The molecule has 3 nitrogen and oxygen atoms in total. The zero-order chi connectivity index (χ0) is 16.1. The smallest absolute Gasteiger partial charge is 0.416 e. The van der Waals surface area contributed by atoms with Gasteiger partial charge in [-0.3, -0.25) is 0 Å². The monoisotopic (exact) mass is 305 g/mol. The lowest BCUT2D eigenvalue weighted by atomic mass is 10.1. The fraction of sp³-hybridized carbons (Fsp3) is 0.600. The number of halogens is 3. The van der Waals surface area contributed by atoms with Gasteiger partial charge in [0, 0.05) is 19.2 Å². The maximum Gasteiger partial charge on any atom is 0.416 e. The van der Waals surface area contributed by atoms with Crippen LogP contribution in [0.15, 0.2) is 24.3 Å². The Hall–Kier alpha value is -1.27. The summed E-state index contributed by atoms with van der Waals surface area (Å²) in [6.07, 6.45) is -4.74. The number of nitrogens with one attached hydrogen (secondary N) is 1. The van der Waals surface area contributed by atoms with Crippen molar-refractivity contribution in [2.45, 2.75) is 38.6 Å². The van der Waals surface area contributed by atoms with E-state index in [2.05, 4.69) is 5.32 Å². The molecule has 0 heterocycles. The standard InChI is InChI=1S/C15H22F3NO2/c1-14(2,3)19-9-13(10-20-4)21-12-7-5-6-11(8-12)15(16,17)18/h5-8,13,19H,9-10H2,1-4H3. The van der Waals surface area contributed by atoms with Gasteiger partial charge in [0.05, 0.1) is 12.2 Å². The first-order valence-corrected chi connectivity index (χ1v) is 6.70. The molecule has 0 spiro atoms. The zero-order valence-corrected chi connectivity index (χ0v) is 12.8. The van der Waals surface area contributed by atoms with Crippen LogP contribution in [0.25, 0.3) is 0 Å². The highest BCUT2D eigenvalue weighted by atomic mass is 19.4. The molecule has 0 aliphatic carbocycles. The minimum atomic E-state index is -4.38. The van der Waals surface area contributed by atoms with E-state index >= 15 is 0 Å². The molecule has 0 saturated heterocycles. The van der Waals surface area contributed by atoms with Crippen LogP contribution in [0.4, 0.5) is 13.2 Å². The number of rotatable bonds is 6. The molecule has 1 unspecified atom stereocenters. The third kappa shape index (κ3) is 6.82. The first kappa shape index (κ1) is 17.8. The highest BCUT2D eigenvalue weighted by molar-refractivity contribution is 5.30. The van der Waals surface area contributed by atoms with Gasteiger partial charge in [-0.15, -0.1) is 0 Å². The van der Waals surface area contributed by atoms with Gasteiger partial charge in [-0.05, 0) is 39.0 Å². The lowest BCUT2D eigenvalue weighted by molar-refractivity contribution is -0.137. The van der Waals surface area contributed by atoms with Gasteiger partial charge in [-0.25, -0.2) is 0 Å². The van der Waals surface area contributed by atoms with Gasteiger partial charge in [0.15, 0.2) is 0 Å². The molecule has 0 bridgehead atoms. The summed E-state index contributed by atoms with van der Waals surface area (Å²) in [6, 6.07) is 4.86. The lowest BCUT2D eigenvalue weighted by Gasteiger charge is -2.25. The van der Waals surface area contributed by atoms with E-state index in [0.29, 0.717) is 13.2 Å². The largest absolute Gasteiger partial charge is 0.487 e. The van der Waals surface area contributed by atoms with Crippen LogP contribution in [0.2, 0.25) is 0 Å². The second-order valence-corrected chi connectivity index (χ2v) is 5.85. The van der Waals surface area contributed by atoms with Crippen LogP contribution in [0.3, 0.4) is 0 Å². The Bertz CT molecular complexity index is 441. The highest BCUT2D eigenvalue weighted by Gasteiger charge is 2.30. The average Bonchev–Trinajstić information content (AvgIpc) is 2.35. The molecule has 120 valence electrons. The van der Waals surface area contributed by atoms with Crippen molar-refractivity contribution in [1.82, 2.24) is 5.32 Å². The van der Waals surface area contributed by atoms with Crippen LogP contribution in [0.5, 0.6) is 5.75 Å². The van der Waals surface area contributed by atoms with Crippen molar-refractivity contribution >= 4 is 0 Å². The van der Waals surface area contributed by atoms with E-state index in [0.717, 1.165) is 12.1 Å². The summed E-state index contributed by atoms with van der Waals surface area (Å²) in [5.41, 5.74) is -0.830. The van der Waals surface area contributed by atoms with Crippen molar-refractivity contribution in [3.05, 3.63) is 29.8 Å². The van der Waals surface area contributed by atoms with Crippen molar-refractivity contribution < 1.29 is 22.6 Å². The maximum absolute atomic E-state index is 12.7. The minimum Gasteiger partial charge on any atom is -0.487 e. The molecule has 0 aromatic heterocycles. The fourth-order valence-corrected chi connectivity index (χ4v) is 1.68. The fourth-order valence-electron chi connectivity index (χ4n) is 1.68. The Morgan fingerprint density at radius 1 is 1.19 bits per heavy atom. The van der Waals surface area contributed by atoms with E-state index in [1.807, 2.05) is 20.8 Å². The summed E-state index contributed by atoms with van der Waals surface area (Å²) in [6.45, 7) is 6.77. The molecular formula is C15H22F3NO2. The van der Waals surface area contributed by atoms with Crippen molar-refractivity contribution in [1.29, 1.82) is 0 Å². The summed E-state index contributed by atoms with van der Waals surface area (Å²) < 4.78 is 48.6. The molecule has 1 aromatic rings. The first-order chi connectivity index (χ1) is 9.62. The molecule has 1 aromatic carbocycles. The van der Waals surface area contributed by atoms with Crippen molar-refractivity contribution in [3.63, 3.8) is 0 Å². The van der Waals surface area contributed by atoms with Crippen molar-refractivity contribution in [2.24, 2.45) is 0 Å². The number of methoxy groups -OCH3 is 1. The molecule has 0 saturated carbocycles. The third-order valence-electron chi connectivity index (χ3n) is 2.68. The molecule has 0 amide bonds. The molecule has 6 heteroatoms. The van der Waals surface area contributed by atoms with Crippen LogP contribution in [0, 0.1) is 0 Å². The number of ether oxygens (including phenoxy) is 2. The van der Waals surface area contributed by atoms with Gasteiger partial charge in [0.1, 0.15) is 11.9 Å². The third-order valence-corrected chi connectivity index (χ3v) is 2.68.